The van der Waals surface area contributed by atoms with Gasteiger partial charge in [0.25, 0.3) is 0 Å². The first-order valence-electron chi connectivity index (χ1n) is 6.33. The zero-order chi connectivity index (χ0) is 13.8. The Morgan fingerprint density at radius 2 is 1.95 bits per heavy atom. The van der Waals surface area contributed by atoms with Crippen LogP contribution in [0.15, 0.2) is 16.7 Å². The van der Waals surface area contributed by atoms with E-state index in [1.165, 1.54) is 5.56 Å². The maximum Gasteiger partial charge on any atom is 0.228 e. The highest BCUT2D eigenvalue weighted by molar-refractivity contribution is 5.44. The number of aromatic nitrogens is 2. The molecule has 0 fully saturated rings. The molecule has 1 aromatic carbocycles. The van der Waals surface area contributed by atoms with Gasteiger partial charge in [0.05, 0.1) is 0 Å². The van der Waals surface area contributed by atoms with Crippen LogP contribution in [0.3, 0.4) is 0 Å². The zero-order valence-corrected chi connectivity index (χ0v) is 11.6. The maximum absolute atomic E-state index is 5.81. The van der Waals surface area contributed by atoms with Crippen LogP contribution in [0.1, 0.15) is 28.4 Å². The lowest BCUT2D eigenvalue weighted by Crippen LogP contribution is -2.04. The first-order valence-corrected chi connectivity index (χ1v) is 6.33. The summed E-state index contributed by atoms with van der Waals surface area (Å²) < 4.78 is 10.9. The summed E-state index contributed by atoms with van der Waals surface area (Å²) in [6.07, 6.45) is 0.593. The Morgan fingerprint density at radius 1 is 1.21 bits per heavy atom. The van der Waals surface area contributed by atoms with Gasteiger partial charge in [0.1, 0.15) is 5.75 Å². The molecular weight excluding hydrogens is 242 g/mol. The van der Waals surface area contributed by atoms with Crippen LogP contribution in [0.5, 0.6) is 5.75 Å². The zero-order valence-electron chi connectivity index (χ0n) is 11.6. The molecule has 19 heavy (non-hydrogen) atoms. The number of aryl methyl sites for hydroxylation is 2. The molecular formula is C14H19N3O2. The van der Waals surface area contributed by atoms with Crippen LogP contribution in [0.2, 0.25) is 0 Å². The van der Waals surface area contributed by atoms with Gasteiger partial charge in [0.15, 0.2) is 6.61 Å². The normalized spacial score (nSPS) is 10.7. The summed E-state index contributed by atoms with van der Waals surface area (Å²) in [6.45, 7) is 6.94. The molecule has 0 atom stereocenters. The highest BCUT2D eigenvalue weighted by Crippen LogP contribution is 2.26. The molecule has 0 unspecified atom stereocenters. The van der Waals surface area contributed by atoms with E-state index in [1.54, 1.807) is 0 Å². The van der Waals surface area contributed by atoms with E-state index in [4.69, 9.17) is 15.0 Å². The largest absolute Gasteiger partial charge is 0.485 e. The van der Waals surface area contributed by atoms with Gasteiger partial charge in [-0.3, -0.25) is 0 Å². The van der Waals surface area contributed by atoms with Crippen LogP contribution in [0.25, 0.3) is 0 Å². The van der Waals surface area contributed by atoms with Gasteiger partial charge in [0.2, 0.25) is 11.7 Å². The fourth-order valence-electron chi connectivity index (χ4n) is 1.86. The number of nitrogens with two attached hydrogens (primary N) is 1. The average Bonchev–Trinajstić information content (AvgIpc) is 2.82. The second kappa shape index (κ2) is 5.84. The van der Waals surface area contributed by atoms with E-state index < -0.39 is 0 Å². The molecule has 2 N–H and O–H groups in total. The molecule has 102 valence electrons. The maximum atomic E-state index is 5.81. The minimum absolute atomic E-state index is 0.305. The molecule has 0 aliphatic rings. The van der Waals surface area contributed by atoms with E-state index in [0.717, 1.165) is 16.9 Å². The molecule has 2 rings (SSSR count). The van der Waals surface area contributed by atoms with Gasteiger partial charge in [-0.25, -0.2) is 0 Å². The highest BCUT2D eigenvalue weighted by atomic mass is 16.5. The number of nitrogens with zero attached hydrogens (tertiary/aromatic N) is 2. The second-order valence-electron chi connectivity index (χ2n) is 4.59. The van der Waals surface area contributed by atoms with Crippen molar-refractivity contribution in [2.75, 3.05) is 6.54 Å². The number of benzene rings is 1. The molecule has 1 aromatic heterocycles. The van der Waals surface area contributed by atoms with E-state index in [0.29, 0.717) is 31.3 Å². The summed E-state index contributed by atoms with van der Waals surface area (Å²) in [5.41, 5.74) is 8.89. The molecule has 5 nitrogen and oxygen atoms in total. The Labute approximate surface area is 112 Å². The van der Waals surface area contributed by atoms with Gasteiger partial charge in [-0.05, 0) is 37.5 Å². The average molecular weight is 261 g/mol. The van der Waals surface area contributed by atoms with Crippen LogP contribution in [-0.4, -0.2) is 16.7 Å². The number of hydrogen-bond acceptors (Lipinski definition) is 5. The first-order chi connectivity index (χ1) is 9.11. The fourth-order valence-corrected chi connectivity index (χ4v) is 1.86. The van der Waals surface area contributed by atoms with Gasteiger partial charge >= 0.3 is 0 Å². The van der Waals surface area contributed by atoms with Crippen molar-refractivity contribution in [3.8, 4) is 5.75 Å². The van der Waals surface area contributed by atoms with Crippen molar-refractivity contribution >= 4 is 0 Å². The van der Waals surface area contributed by atoms with Crippen LogP contribution in [0.4, 0.5) is 0 Å². The standard InChI is InChI=1S/C14H19N3O2/c1-9-4-5-10(2)14(11(9)3)18-8-12-16-13(6-7-15)19-17-12/h4-5H,6-8,15H2,1-3H3. The SMILES string of the molecule is Cc1ccc(C)c(OCc2noc(CCN)n2)c1C. The molecule has 1 heterocycles. The van der Waals surface area contributed by atoms with Crippen LogP contribution >= 0.6 is 0 Å². The van der Waals surface area contributed by atoms with E-state index >= 15 is 0 Å². The lowest BCUT2D eigenvalue weighted by molar-refractivity contribution is 0.281. The molecule has 0 saturated heterocycles. The molecule has 0 aliphatic heterocycles. The quantitative estimate of drug-likeness (QED) is 0.891. The minimum atomic E-state index is 0.305. The van der Waals surface area contributed by atoms with E-state index in [-0.39, 0.29) is 0 Å². The Bertz CT molecular complexity index is 564. The lowest BCUT2D eigenvalue weighted by atomic mass is 10.1. The summed E-state index contributed by atoms with van der Waals surface area (Å²) in [4.78, 5) is 4.21. The second-order valence-corrected chi connectivity index (χ2v) is 4.59. The van der Waals surface area contributed by atoms with Crippen molar-refractivity contribution < 1.29 is 9.26 Å². The Morgan fingerprint density at radius 3 is 2.68 bits per heavy atom. The van der Waals surface area contributed by atoms with Crippen molar-refractivity contribution in [1.29, 1.82) is 0 Å². The molecule has 0 saturated carbocycles. The van der Waals surface area contributed by atoms with Crippen molar-refractivity contribution in [1.82, 2.24) is 10.1 Å². The summed E-state index contributed by atoms with van der Waals surface area (Å²) in [6, 6.07) is 4.14. The van der Waals surface area contributed by atoms with Crippen LogP contribution < -0.4 is 10.5 Å². The van der Waals surface area contributed by atoms with Crippen molar-refractivity contribution in [2.45, 2.75) is 33.8 Å². The third-order valence-electron chi connectivity index (χ3n) is 3.09. The molecule has 0 spiro atoms. The highest BCUT2D eigenvalue weighted by Gasteiger charge is 2.10. The fraction of sp³-hybridized carbons (Fsp3) is 0.429. The Balaban J connectivity index is 2.07. The van der Waals surface area contributed by atoms with Gasteiger partial charge in [0, 0.05) is 13.0 Å². The van der Waals surface area contributed by atoms with Crippen LogP contribution in [-0.2, 0) is 13.0 Å². The minimum Gasteiger partial charge on any atom is -0.485 e. The number of ether oxygens (including phenoxy) is 1. The predicted molar refractivity (Wildman–Crippen MR) is 72.0 cm³/mol. The molecule has 0 bridgehead atoms. The van der Waals surface area contributed by atoms with Crippen molar-refractivity contribution in [2.24, 2.45) is 5.73 Å². The van der Waals surface area contributed by atoms with E-state index in [9.17, 15) is 0 Å². The predicted octanol–water partition coefficient (Wildman–Crippen LogP) is 2.08. The third kappa shape index (κ3) is 3.12. The topological polar surface area (TPSA) is 74.2 Å². The van der Waals surface area contributed by atoms with Gasteiger partial charge in [-0.15, -0.1) is 0 Å². The van der Waals surface area contributed by atoms with E-state index in [2.05, 4.69) is 23.1 Å². The summed E-state index contributed by atoms with van der Waals surface area (Å²) >= 11 is 0. The molecule has 0 aliphatic carbocycles. The molecule has 0 radical (unpaired) electrons. The molecule has 2 aromatic rings. The Hall–Kier alpha value is -1.88. The Kier molecular flexibility index (Phi) is 4.16. The molecule has 0 amide bonds. The molecule has 5 heteroatoms. The monoisotopic (exact) mass is 261 g/mol. The van der Waals surface area contributed by atoms with Crippen molar-refractivity contribution in [3.63, 3.8) is 0 Å². The summed E-state index contributed by atoms with van der Waals surface area (Å²) in [7, 11) is 0. The van der Waals surface area contributed by atoms with Gasteiger partial charge in [-0.1, -0.05) is 17.3 Å². The number of hydrogen-bond donors (Lipinski definition) is 1. The summed E-state index contributed by atoms with van der Waals surface area (Å²) in [5.74, 6) is 1.99. The smallest absolute Gasteiger partial charge is 0.228 e. The number of rotatable bonds is 5. The first kappa shape index (κ1) is 13.5. The summed E-state index contributed by atoms with van der Waals surface area (Å²) in [5, 5.41) is 3.86. The van der Waals surface area contributed by atoms with Gasteiger partial charge in [-0.2, -0.15) is 4.98 Å². The van der Waals surface area contributed by atoms with Crippen LogP contribution in [0, 0.1) is 20.8 Å². The third-order valence-corrected chi connectivity index (χ3v) is 3.09. The lowest BCUT2D eigenvalue weighted by Gasteiger charge is -2.12. The van der Waals surface area contributed by atoms with Gasteiger partial charge < -0.3 is 15.0 Å². The van der Waals surface area contributed by atoms with E-state index in [1.807, 2.05) is 19.9 Å². The van der Waals surface area contributed by atoms with Crippen molar-refractivity contribution in [3.05, 3.63) is 40.5 Å².